The van der Waals surface area contributed by atoms with Crippen LogP contribution in [-0.4, -0.2) is 37.9 Å². The van der Waals surface area contributed by atoms with E-state index in [1.54, 1.807) is 18.2 Å². The Kier molecular flexibility index (Phi) is 6.59. The Bertz CT molecular complexity index is 338. The highest BCUT2D eigenvalue weighted by molar-refractivity contribution is 6.16. The third-order valence-corrected chi connectivity index (χ3v) is 1.65. The van der Waals surface area contributed by atoms with E-state index in [9.17, 15) is 9.59 Å². The van der Waals surface area contributed by atoms with Crippen LogP contribution < -0.4 is 0 Å². The summed E-state index contributed by atoms with van der Waals surface area (Å²) in [5.41, 5.74) is 0.0389. The van der Waals surface area contributed by atoms with Gasteiger partial charge in [-0.15, -0.1) is 0 Å². The summed E-state index contributed by atoms with van der Waals surface area (Å²) in [7, 11) is 5.04. The van der Waals surface area contributed by atoms with Gasteiger partial charge in [0.2, 0.25) is 0 Å². The maximum Gasteiger partial charge on any atom is 0.341 e. The number of carbonyl (C=O) groups excluding carboxylic acids is 2. The smallest absolute Gasteiger partial charge is 0.341 e. The lowest BCUT2D eigenvalue weighted by molar-refractivity contribution is -0.137. The summed E-state index contributed by atoms with van der Waals surface area (Å²) >= 11 is 0. The van der Waals surface area contributed by atoms with Crippen molar-refractivity contribution >= 4 is 11.8 Å². The number of ether oxygens (including phenoxy) is 1. The summed E-state index contributed by atoms with van der Waals surface area (Å²) in [4.78, 5) is 24.1. The lowest BCUT2D eigenvalue weighted by Crippen LogP contribution is -2.11. The summed E-state index contributed by atoms with van der Waals surface area (Å²) in [6.07, 6.45) is 8.43. The first-order valence-electron chi connectivity index (χ1n) is 4.80. The van der Waals surface area contributed by atoms with E-state index in [0.717, 1.165) is 0 Å². The SMILES string of the molecule is COC(=O)C(=CC=CC=CN(C)C)C(C)=O. The predicted octanol–water partition coefficient (Wildman–Crippen LogP) is 1.31. The van der Waals surface area contributed by atoms with Gasteiger partial charge in [0, 0.05) is 14.1 Å². The van der Waals surface area contributed by atoms with Gasteiger partial charge in [0.15, 0.2) is 5.78 Å². The van der Waals surface area contributed by atoms with Crippen LogP contribution in [0.25, 0.3) is 0 Å². The number of allylic oxidation sites excluding steroid dienone is 4. The first-order chi connectivity index (χ1) is 7.49. The third-order valence-electron chi connectivity index (χ3n) is 1.65. The monoisotopic (exact) mass is 223 g/mol. The Hall–Kier alpha value is -1.84. The van der Waals surface area contributed by atoms with Gasteiger partial charge in [-0.2, -0.15) is 0 Å². The number of Topliss-reactive ketones (excluding diaryl/α,β-unsaturated/α-hetero) is 1. The summed E-state index contributed by atoms with van der Waals surface area (Å²) in [6.45, 7) is 1.33. The Morgan fingerprint density at radius 1 is 1.12 bits per heavy atom. The number of rotatable bonds is 5. The van der Waals surface area contributed by atoms with Gasteiger partial charge in [0.25, 0.3) is 0 Å². The van der Waals surface area contributed by atoms with Gasteiger partial charge in [-0.1, -0.05) is 12.2 Å². The minimum absolute atomic E-state index is 0.0389. The fraction of sp³-hybridized carbons (Fsp3) is 0.333. The molecule has 0 aromatic rings. The van der Waals surface area contributed by atoms with E-state index in [-0.39, 0.29) is 11.4 Å². The molecular formula is C12H17NO3. The molecule has 0 saturated carbocycles. The van der Waals surface area contributed by atoms with Crippen LogP contribution >= 0.6 is 0 Å². The van der Waals surface area contributed by atoms with E-state index < -0.39 is 5.97 Å². The van der Waals surface area contributed by atoms with Crippen molar-refractivity contribution in [1.82, 2.24) is 4.90 Å². The molecule has 0 aliphatic rings. The van der Waals surface area contributed by atoms with Crippen molar-refractivity contribution in [2.45, 2.75) is 6.92 Å². The molecule has 0 atom stereocenters. The Balaban J connectivity index is 4.58. The number of nitrogens with zero attached hydrogens (tertiary/aromatic N) is 1. The van der Waals surface area contributed by atoms with Gasteiger partial charge in [0.05, 0.1) is 7.11 Å². The van der Waals surface area contributed by atoms with Crippen molar-refractivity contribution in [2.75, 3.05) is 21.2 Å². The van der Waals surface area contributed by atoms with Crippen LogP contribution in [0.5, 0.6) is 0 Å². The average Bonchev–Trinajstić information content (AvgIpc) is 2.21. The van der Waals surface area contributed by atoms with Crippen LogP contribution in [0.2, 0.25) is 0 Å². The predicted molar refractivity (Wildman–Crippen MR) is 62.7 cm³/mol. The standard InChI is InChI=1S/C12H17NO3/c1-10(14)11(12(15)16-4)8-6-5-7-9-13(2)3/h5-9H,1-4H3. The molecule has 0 bridgehead atoms. The van der Waals surface area contributed by atoms with Crippen LogP contribution in [0, 0.1) is 0 Å². The van der Waals surface area contributed by atoms with Crippen LogP contribution in [0.1, 0.15) is 6.92 Å². The number of ketones is 1. The molecule has 0 rings (SSSR count). The van der Waals surface area contributed by atoms with Crippen LogP contribution in [0.15, 0.2) is 36.1 Å². The first-order valence-corrected chi connectivity index (χ1v) is 4.80. The summed E-state index contributed by atoms with van der Waals surface area (Å²) < 4.78 is 4.48. The molecule has 0 saturated heterocycles. The molecule has 0 unspecified atom stereocenters. The third kappa shape index (κ3) is 5.80. The molecule has 0 aliphatic carbocycles. The maximum atomic E-state index is 11.2. The molecule has 88 valence electrons. The van der Waals surface area contributed by atoms with E-state index >= 15 is 0 Å². The van der Waals surface area contributed by atoms with E-state index in [4.69, 9.17) is 0 Å². The number of hydrogen-bond acceptors (Lipinski definition) is 4. The fourth-order valence-corrected chi connectivity index (χ4v) is 0.877. The molecule has 0 aromatic carbocycles. The fourth-order valence-electron chi connectivity index (χ4n) is 0.877. The molecule has 0 heterocycles. The van der Waals surface area contributed by atoms with Gasteiger partial charge in [-0.25, -0.2) is 4.79 Å². The van der Waals surface area contributed by atoms with Crippen molar-refractivity contribution in [3.8, 4) is 0 Å². The van der Waals surface area contributed by atoms with Crippen molar-refractivity contribution in [1.29, 1.82) is 0 Å². The van der Waals surface area contributed by atoms with Crippen molar-refractivity contribution < 1.29 is 14.3 Å². The maximum absolute atomic E-state index is 11.2. The molecule has 0 aromatic heterocycles. The first kappa shape index (κ1) is 14.2. The molecule has 16 heavy (non-hydrogen) atoms. The molecule has 4 nitrogen and oxygen atoms in total. The Morgan fingerprint density at radius 2 is 1.75 bits per heavy atom. The van der Waals surface area contributed by atoms with Crippen molar-refractivity contribution in [2.24, 2.45) is 0 Å². The number of hydrogen-bond donors (Lipinski definition) is 0. The highest BCUT2D eigenvalue weighted by atomic mass is 16.5. The van der Waals surface area contributed by atoms with Crippen LogP contribution in [0.4, 0.5) is 0 Å². The molecular weight excluding hydrogens is 206 g/mol. The zero-order chi connectivity index (χ0) is 12.6. The Labute approximate surface area is 95.9 Å². The summed E-state index contributed by atoms with van der Waals surface area (Å²) in [5, 5.41) is 0. The lowest BCUT2D eigenvalue weighted by Gasteiger charge is -2.00. The largest absolute Gasteiger partial charge is 0.465 e. The second-order valence-electron chi connectivity index (χ2n) is 3.32. The summed E-state index contributed by atoms with van der Waals surface area (Å²) in [6, 6.07) is 0. The van der Waals surface area contributed by atoms with Crippen molar-refractivity contribution in [3.63, 3.8) is 0 Å². The second-order valence-corrected chi connectivity index (χ2v) is 3.32. The van der Waals surface area contributed by atoms with Crippen LogP contribution in [-0.2, 0) is 14.3 Å². The van der Waals surface area contributed by atoms with E-state index in [1.807, 2.05) is 25.2 Å². The molecule has 0 fully saturated rings. The van der Waals surface area contributed by atoms with E-state index in [1.165, 1.54) is 20.1 Å². The van der Waals surface area contributed by atoms with E-state index in [0.29, 0.717) is 0 Å². The number of methoxy groups -OCH3 is 1. The topological polar surface area (TPSA) is 46.6 Å². The Morgan fingerprint density at radius 3 is 2.19 bits per heavy atom. The molecule has 0 aliphatic heterocycles. The number of carbonyl (C=O) groups is 2. The van der Waals surface area contributed by atoms with Gasteiger partial charge >= 0.3 is 5.97 Å². The molecule has 0 N–H and O–H groups in total. The number of esters is 1. The van der Waals surface area contributed by atoms with Crippen molar-refractivity contribution in [3.05, 3.63) is 36.1 Å². The van der Waals surface area contributed by atoms with Gasteiger partial charge < -0.3 is 9.64 Å². The van der Waals surface area contributed by atoms with Crippen LogP contribution in [0.3, 0.4) is 0 Å². The highest BCUT2D eigenvalue weighted by Crippen LogP contribution is 2.00. The minimum atomic E-state index is -0.617. The normalized spacial score (nSPS) is 12.1. The molecule has 0 amide bonds. The van der Waals surface area contributed by atoms with E-state index in [2.05, 4.69) is 4.74 Å². The van der Waals surface area contributed by atoms with Gasteiger partial charge in [-0.05, 0) is 25.3 Å². The quantitative estimate of drug-likeness (QED) is 0.232. The molecule has 0 radical (unpaired) electrons. The second kappa shape index (κ2) is 7.45. The zero-order valence-electron chi connectivity index (χ0n) is 10.1. The average molecular weight is 223 g/mol. The molecule has 0 spiro atoms. The van der Waals surface area contributed by atoms with Gasteiger partial charge in [-0.3, -0.25) is 4.79 Å². The van der Waals surface area contributed by atoms with Gasteiger partial charge in [0.1, 0.15) is 5.57 Å². The minimum Gasteiger partial charge on any atom is -0.465 e. The zero-order valence-corrected chi connectivity index (χ0v) is 10.1. The lowest BCUT2D eigenvalue weighted by atomic mass is 10.1. The molecule has 4 heteroatoms. The highest BCUT2D eigenvalue weighted by Gasteiger charge is 2.12. The summed E-state index contributed by atoms with van der Waals surface area (Å²) in [5.74, 6) is -0.929.